The van der Waals surface area contributed by atoms with Crippen LogP contribution in [0.3, 0.4) is 0 Å². The second-order valence-electron chi connectivity index (χ2n) is 5.45. The first-order valence-electron chi connectivity index (χ1n) is 8.00. The quantitative estimate of drug-likeness (QED) is 0.564. The van der Waals surface area contributed by atoms with Gasteiger partial charge in [0, 0.05) is 17.1 Å². The Hall–Kier alpha value is -1.93. The van der Waals surface area contributed by atoms with Crippen LogP contribution in [0.15, 0.2) is 28.6 Å². The predicted octanol–water partition coefficient (Wildman–Crippen LogP) is 2.41. The number of nitrogens with one attached hydrogen (secondary N) is 1. The fourth-order valence-electron chi connectivity index (χ4n) is 2.19. The summed E-state index contributed by atoms with van der Waals surface area (Å²) in [6.07, 6.45) is 0. The van der Waals surface area contributed by atoms with Crippen LogP contribution in [0.1, 0.15) is 23.3 Å². The fraction of sp³-hybridized carbons (Fsp3) is 0.412. The summed E-state index contributed by atoms with van der Waals surface area (Å²) in [7, 11) is 0. The molecule has 134 valence electrons. The maximum atomic E-state index is 12.4. The van der Waals surface area contributed by atoms with E-state index >= 15 is 0 Å². The molecule has 0 aromatic carbocycles. The Morgan fingerprint density at radius 1 is 1.32 bits per heavy atom. The molecule has 8 heteroatoms. The van der Waals surface area contributed by atoms with Gasteiger partial charge < -0.3 is 10.2 Å². The number of thioether (sulfide) groups is 1. The van der Waals surface area contributed by atoms with Crippen molar-refractivity contribution >= 4 is 34.9 Å². The monoisotopic (exact) mass is 378 g/mol. The molecule has 0 atom stereocenters. The van der Waals surface area contributed by atoms with E-state index in [4.69, 9.17) is 0 Å². The van der Waals surface area contributed by atoms with Gasteiger partial charge in [-0.25, -0.2) is 9.97 Å². The van der Waals surface area contributed by atoms with Crippen molar-refractivity contribution in [1.82, 2.24) is 20.2 Å². The molecule has 0 unspecified atom stereocenters. The molecule has 2 rings (SSSR count). The average Bonchev–Trinajstić information content (AvgIpc) is 3.08. The van der Waals surface area contributed by atoms with Crippen LogP contribution in [0.5, 0.6) is 0 Å². The van der Waals surface area contributed by atoms with Gasteiger partial charge in [-0.2, -0.15) is 0 Å². The van der Waals surface area contributed by atoms with Crippen LogP contribution in [-0.2, 0) is 16.1 Å². The predicted molar refractivity (Wildman–Crippen MR) is 101 cm³/mol. The van der Waals surface area contributed by atoms with Gasteiger partial charge in [0.15, 0.2) is 0 Å². The lowest BCUT2D eigenvalue weighted by molar-refractivity contribution is -0.133. The third-order valence-corrected chi connectivity index (χ3v) is 5.17. The molecule has 0 aliphatic carbocycles. The molecule has 2 aromatic rings. The highest BCUT2D eigenvalue weighted by Crippen LogP contribution is 2.16. The second-order valence-corrected chi connectivity index (χ2v) is 7.48. The van der Waals surface area contributed by atoms with Crippen LogP contribution in [0.2, 0.25) is 0 Å². The van der Waals surface area contributed by atoms with E-state index in [1.165, 1.54) is 11.8 Å². The highest BCUT2D eigenvalue weighted by Gasteiger charge is 2.16. The van der Waals surface area contributed by atoms with Crippen molar-refractivity contribution in [2.75, 3.05) is 18.8 Å². The van der Waals surface area contributed by atoms with E-state index in [1.54, 1.807) is 16.2 Å². The summed E-state index contributed by atoms with van der Waals surface area (Å²) in [6, 6.07) is 5.77. The summed E-state index contributed by atoms with van der Waals surface area (Å²) in [5, 5.41) is 5.59. The number of hydrogen-bond acceptors (Lipinski definition) is 6. The Balaban J connectivity index is 1.82. The SMILES string of the molecule is CCN(CC(=O)NCc1cccs1)C(=O)CSc1cc(C)nc(C)n1. The molecule has 0 bridgehead atoms. The molecule has 1 N–H and O–H groups in total. The van der Waals surface area contributed by atoms with Crippen LogP contribution in [0, 0.1) is 13.8 Å². The molecule has 6 nitrogen and oxygen atoms in total. The highest BCUT2D eigenvalue weighted by atomic mass is 32.2. The zero-order valence-corrected chi connectivity index (χ0v) is 16.2. The van der Waals surface area contributed by atoms with Crippen molar-refractivity contribution in [2.24, 2.45) is 0 Å². The molecule has 2 heterocycles. The number of carbonyl (C=O) groups is 2. The molecule has 0 fully saturated rings. The first-order chi connectivity index (χ1) is 12.0. The Morgan fingerprint density at radius 3 is 2.76 bits per heavy atom. The minimum absolute atomic E-state index is 0.0725. The maximum absolute atomic E-state index is 12.4. The van der Waals surface area contributed by atoms with E-state index in [1.807, 2.05) is 44.4 Å². The number of amides is 2. The highest BCUT2D eigenvalue weighted by molar-refractivity contribution is 7.99. The summed E-state index contributed by atoms with van der Waals surface area (Å²) in [6.45, 7) is 6.66. The van der Waals surface area contributed by atoms with E-state index in [-0.39, 0.29) is 24.1 Å². The lowest BCUT2D eigenvalue weighted by atomic mass is 10.4. The fourth-order valence-corrected chi connectivity index (χ4v) is 3.74. The number of aromatic nitrogens is 2. The average molecular weight is 379 g/mol. The number of rotatable bonds is 8. The summed E-state index contributed by atoms with van der Waals surface area (Å²) in [5.74, 6) is 0.715. The van der Waals surface area contributed by atoms with Crippen LogP contribution in [0.25, 0.3) is 0 Å². The molecule has 0 aliphatic heterocycles. The van der Waals surface area contributed by atoms with Crippen molar-refractivity contribution in [3.05, 3.63) is 40.0 Å². The standard InChI is InChI=1S/C17H22N4O2S2/c1-4-21(10-15(22)18-9-14-6-5-7-24-14)17(23)11-25-16-8-12(2)19-13(3)20-16/h5-8H,4,9-11H2,1-3H3,(H,18,22). The van der Waals surface area contributed by atoms with Crippen molar-refractivity contribution < 1.29 is 9.59 Å². The van der Waals surface area contributed by atoms with Gasteiger partial charge >= 0.3 is 0 Å². The van der Waals surface area contributed by atoms with Crippen LogP contribution in [-0.4, -0.2) is 45.5 Å². The maximum Gasteiger partial charge on any atom is 0.239 e. The molecular weight excluding hydrogens is 356 g/mol. The van der Waals surface area contributed by atoms with Crippen molar-refractivity contribution in [1.29, 1.82) is 0 Å². The third-order valence-electron chi connectivity index (χ3n) is 3.39. The van der Waals surface area contributed by atoms with Crippen molar-refractivity contribution in [3.63, 3.8) is 0 Å². The van der Waals surface area contributed by atoms with Crippen molar-refractivity contribution in [2.45, 2.75) is 32.3 Å². The van der Waals surface area contributed by atoms with Gasteiger partial charge in [-0.15, -0.1) is 11.3 Å². The third kappa shape index (κ3) is 6.47. The van der Waals surface area contributed by atoms with Gasteiger partial charge in [0.2, 0.25) is 11.8 Å². The molecular formula is C17H22N4O2S2. The first kappa shape index (κ1) is 19.4. The van der Waals surface area contributed by atoms with Gasteiger partial charge in [-0.3, -0.25) is 9.59 Å². The normalized spacial score (nSPS) is 10.5. The molecule has 0 saturated heterocycles. The number of aryl methyl sites for hydroxylation is 2. The molecule has 2 aromatic heterocycles. The van der Waals surface area contributed by atoms with Crippen LogP contribution >= 0.6 is 23.1 Å². The van der Waals surface area contributed by atoms with E-state index in [0.717, 1.165) is 15.6 Å². The lowest BCUT2D eigenvalue weighted by Crippen LogP contribution is -2.41. The number of likely N-dealkylation sites (N-methyl/N-ethyl adjacent to an activating group) is 1. The zero-order valence-electron chi connectivity index (χ0n) is 14.6. The summed E-state index contributed by atoms with van der Waals surface area (Å²) >= 11 is 2.96. The number of carbonyl (C=O) groups excluding carboxylic acids is 2. The zero-order chi connectivity index (χ0) is 18.2. The van der Waals surface area contributed by atoms with E-state index < -0.39 is 0 Å². The first-order valence-corrected chi connectivity index (χ1v) is 9.86. The summed E-state index contributed by atoms with van der Waals surface area (Å²) in [5.41, 5.74) is 0.878. The molecule has 25 heavy (non-hydrogen) atoms. The van der Waals surface area contributed by atoms with Gasteiger partial charge in [0.05, 0.1) is 18.8 Å². The number of nitrogens with zero attached hydrogens (tertiary/aromatic N) is 3. The Kier molecular flexibility index (Phi) is 7.39. The minimum atomic E-state index is -0.151. The summed E-state index contributed by atoms with van der Waals surface area (Å²) in [4.78, 5) is 35.6. The molecule has 2 amide bonds. The number of thiophene rings is 1. The van der Waals surface area contributed by atoms with E-state index in [0.29, 0.717) is 18.9 Å². The molecule has 0 radical (unpaired) electrons. The largest absolute Gasteiger partial charge is 0.350 e. The van der Waals surface area contributed by atoms with Gasteiger partial charge in [0.1, 0.15) is 10.9 Å². The van der Waals surface area contributed by atoms with Crippen molar-refractivity contribution in [3.8, 4) is 0 Å². The van der Waals surface area contributed by atoms with Crippen LogP contribution in [0.4, 0.5) is 0 Å². The topological polar surface area (TPSA) is 75.2 Å². The Labute approximate surface area is 156 Å². The Morgan fingerprint density at radius 2 is 2.12 bits per heavy atom. The van der Waals surface area contributed by atoms with E-state index in [9.17, 15) is 9.59 Å². The summed E-state index contributed by atoms with van der Waals surface area (Å²) < 4.78 is 0. The van der Waals surface area contributed by atoms with Gasteiger partial charge in [-0.1, -0.05) is 17.8 Å². The Bertz CT molecular complexity index is 699. The van der Waals surface area contributed by atoms with Gasteiger partial charge in [0.25, 0.3) is 0 Å². The van der Waals surface area contributed by atoms with Crippen LogP contribution < -0.4 is 5.32 Å². The molecule has 0 spiro atoms. The lowest BCUT2D eigenvalue weighted by Gasteiger charge is -2.20. The van der Waals surface area contributed by atoms with Gasteiger partial charge in [-0.05, 0) is 38.3 Å². The molecule has 0 aliphatic rings. The second kappa shape index (κ2) is 9.53. The molecule has 0 saturated carbocycles. The minimum Gasteiger partial charge on any atom is -0.350 e. The van der Waals surface area contributed by atoms with E-state index in [2.05, 4.69) is 15.3 Å². The number of hydrogen-bond donors (Lipinski definition) is 1. The smallest absolute Gasteiger partial charge is 0.239 e.